The Morgan fingerprint density at radius 1 is 1.53 bits per heavy atom. The summed E-state index contributed by atoms with van der Waals surface area (Å²) in [4.78, 5) is 13.3. The van der Waals surface area contributed by atoms with Crippen molar-refractivity contribution in [3.63, 3.8) is 0 Å². The van der Waals surface area contributed by atoms with Crippen molar-refractivity contribution in [1.82, 2.24) is 0 Å². The minimum Gasteiger partial charge on any atom is -0.465 e. The van der Waals surface area contributed by atoms with Gasteiger partial charge in [-0.25, -0.2) is 4.79 Å². The SMILES string of the molecule is CCN(CCO)c1cc(C(=O)OC)ccc1N. The second kappa shape index (κ2) is 6.10. The van der Waals surface area contributed by atoms with E-state index in [1.165, 1.54) is 7.11 Å². The second-order valence-corrected chi connectivity index (χ2v) is 3.57. The normalized spacial score (nSPS) is 10.1. The molecule has 3 N–H and O–H groups in total. The van der Waals surface area contributed by atoms with E-state index in [2.05, 4.69) is 4.74 Å². The summed E-state index contributed by atoms with van der Waals surface area (Å²) in [5, 5.41) is 8.97. The molecular formula is C12H18N2O3. The molecule has 0 spiro atoms. The summed E-state index contributed by atoms with van der Waals surface area (Å²) in [7, 11) is 1.34. The lowest BCUT2D eigenvalue weighted by molar-refractivity contribution is 0.0601. The highest BCUT2D eigenvalue weighted by molar-refractivity contribution is 5.92. The van der Waals surface area contributed by atoms with Crippen LogP contribution < -0.4 is 10.6 Å². The maximum absolute atomic E-state index is 11.4. The van der Waals surface area contributed by atoms with Gasteiger partial charge in [-0.1, -0.05) is 0 Å². The molecule has 0 aliphatic carbocycles. The van der Waals surface area contributed by atoms with Crippen molar-refractivity contribution < 1.29 is 14.6 Å². The van der Waals surface area contributed by atoms with E-state index in [1.54, 1.807) is 18.2 Å². The number of nitrogens with two attached hydrogens (primary N) is 1. The van der Waals surface area contributed by atoms with Crippen LogP contribution in [0.5, 0.6) is 0 Å². The molecule has 17 heavy (non-hydrogen) atoms. The lowest BCUT2D eigenvalue weighted by atomic mass is 10.1. The standard InChI is InChI=1S/C12H18N2O3/c1-3-14(6-7-15)11-8-9(12(16)17-2)4-5-10(11)13/h4-5,8,15H,3,6-7,13H2,1-2H3. The minimum absolute atomic E-state index is 0.0374. The molecule has 0 unspecified atom stereocenters. The van der Waals surface area contributed by atoms with Crippen LogP contribution in [0.25, 0.3) is 0 Å². The monoisotopic (exact) mass is 238 g/mol. The number of carbonyl (C=O) groups is 1. The van der Waals surface area contributed by atoms with E-state index in [-0.39, 0.29) is 6.61 Å². The molecule has 5 heteroatoms. The number of hydrogen-bond acceptors (Lipinski definition) is 5. The van der Waals surface area contributed by atoms with Gasteiger partial charge in [-0.05, 0) is 25.1 Å². The Morgan fingerprint density at radius 3 is 2.76 bits per heavy atom. The molecule has 0 bridgehead atoms. The Kier molecular flexibility index (Phi) is 4.78. The van der Waals surface area contributed by atoms with Gasteiger partial charge in [0, 0.05) is 13.1 Å². The highest BCUT2D eigenvalue weighted by Gasteiger charge is 2.12. The van der Waals surface area contributed by atoms with E-state index in [4.69, 9.17) is 10.8 Å². The summed E-state index contributed by atoms with van der Waals surface area (Å²) in [6, 6.07) is 4.97. The molecule has 0 amide bonds. The Hall–Kier alpha value is -1.75. The number of ether oxygens (including phenoxy) is 1. The molecule has 0 saturated heterocycles. The Balaban J connectivity index is 3.08. The van der Waals surface area contributed by atoms with E-state index < -0.39 is 5.97 Å². The van der Waals surface area contributed by atoms with Crippen molar-refractivity contribution in [2.24, 2.45) is 0 Å². The van der Waals surface area contributed by atoms with Gasteiger partial charge in [-0.3, -0.25) is 0 Å². The number of esters is 1. The van der Waals surface area contributed by atoms with Crippen molar-refractivity contribution in [1.29, 1.82) is 0 Å². The van der Waals surface area contributed by atoms with Gasteiger partial charge in [0.05, 0.1) is 30.7 Å². The molecule has 1 aromatic rings. The number of methoxy groups -OCH3 is 1. The molecule has 0 aliphatic heterocycles. The number of anilines is 2. The van der Waals surface area contributed by atoms with E-state index in [9.17, 15) is 4.79 Å². The van der Waals surface area contributed by atoms with Gasteiger partial charge >= 0.3 is 5.97 Å². The molecule has 0 aromatic heterocycles. The number of hydrogen-bond donors (Lipinski definition) is 2. The molecule has 5 nitrogen and oxygen atoms in total. The molecule has 0 atom stereocenters. The van der Waals surface area contributed by atoms with Crippen LogP contribution in [-0.4, -0.2) is 37.9 Å². The third-order valence-electron chi connectivity index (χ3n) is 2.54. The zero-order chi connectivity index (χ0) is 12.8. The van der Waals surface area contributed by atoms with Crippen molar-refractivity contribution in [2.75, 3.05) is 37.4 Å². The minimum atomic E-state index is -0.397. The number of aliphatic hydroxyl groups excluding tert-OH is 1. The summed E-state index contributed by atoms with van der Waals surface area (Å²) < 4.78 is 4.66. The third-order valence-corrected chi connectivity index (χ3v) is 2.54. The second-order valence-electron chi connectivity index (χ2n) is 3.57. The molecular weight excluding hydrogens is 220 g/mol. The van der Waals surface area contributed by atoms with Crippen LogP contribution in [0, 0.1) is 0 Å². The van der Waals surface area contributed by atoms with Crippen molar-refractivity contribution in [3.8, 4) is 0 Å². The predicted octanol–water partition coefficient (Wildman–Crippen LogP) is 0.874. The van der Waals surface area contributed by atoms with Gasteiger partial charge < -0.3 is 20.5 Å². The van der Waals surface area contributed by atoms with Gasteiger partial charge in [0.1, 0.15) is 0 Å². The van der Waals surface area contributed by atoms with Crippen molar-refractivity contribution in [3.05, 3.63) is 23.8 Å². The van der Waals surface area contributed by atoms with Crippen molar-refractivity contribution >= 4 is 17.3 Å². The zero-order valence-corrected chi connectivity index (χ0v) is 10.1. The highest BCUT2D eigenvalue weighted by Crippen LogP contribution is 2.24. The number of rotatable bonds is 5. The Bertz CT molecular complexity index is 393. The predicted molar refractivity (Wildman–Crippen MR) is 67.2 cm³/mol. The van der Waals surface area contributed by atoms with Crippen molar-refractivity contribution in [2.45, 2.75) is 6.92 Å². The quantitative estimate of drug-likeness (QED) is 0.588. The van der Waals surface area contributed by atoms with Crippen LogP contribution in [-0.2, 0) is 4.74 Å². The van der Waals surface area contributed by atoms with Crippen LogP contribution in [0.4, 0.5) is 11.4 Å². The van der Waals surface area contributed by atoms with E-state index in [1.807, 2.05) is 11.8 Å². The first-order valence-corrected chi connectivity index (χ1v) is 5.47. The lowest BCUT2D eigenvalue weighted by Crippen LogP contribution is -2.27. The maximum atomic E-state index is 11.4. The van der Waals surface area contributed by atoms with Crippen LogP contribution in [0.2, 0.25) is 0 Å². The fourth-order valence-corrected chi connectivity index (χ4v) is 1.63. The van der Waals surface area contributed by atoms with E-state index >= 15 is 0 Å². The van der Waals surface area contributed by atoms with Gasteiger partial charge in [0.15, 0.2) is 0 Å². The topological polar surface area (TPSA) is 75.8 Å². The smallest absolute Gasteiger partial charge is 0.337 e. The van der Waals surface area contributed by atoms with E-state index in [0.29, 0.717) is 24.3 Å². The lowest BCUT2D eigenvalue weighted by Gasteiger charge is -2.24. The molecule has 1 aromatic carbocycles. The summed E-state index contributed by atoms with van der Waals surface area (Å²) >= 11 is 0. The molecule has 0 radical (unpaired) electrons. The number of aliphatic hydroxyl groups is 1. The van der Waals surface area contributed by atoms with Crippen LogP contribution in [0.15, 0.2) is 18.2 Å². The fraction of sp³-hybridized carbons (Fsp3) is 0.417. The summed E-state index contributed by atoms with van der Waals surface area (Å²) in [6.45, 7) is 3.18. The molecule has 94 valence electrons. The molecule has 0 saturated carbocycles. The average Bonchev–Trinajstić information content (AvgIpc) is 2.36. The first-order chi connectivity index (χ1) is 8.13. The summed E-state index contributed by atoms with van der Waals surface area (Å²) in [5.74, 6) is -0.397. The van der Waals surface area contributed by atoms with Crippen LogP contribution >= 0.6 is 0 Å². The number of likely N-dealkylation sites (N-methyl/N-ethyl adjacent to an activating group) is 1. The number of nitrogen functional groups attached to an aromatic ring is 1. The van der Waals surface area contributed by atoms with Gasteiger partial charge in [0.25, 0.3) is 0 Å². The van der Waals surface area contributed by atoms with E-state index in [0.717, 1.165) is 5.69 Å². The largest absolute Gasteiger partial charge is 0.465 e. The average molecular weight is 238 g/mol. The molecule has 0 aliphatic rings. The first-order valence-electron chi connectivity index (χ1n) is 5.47. The van der Waals surface area contributed by atoms with Crippen LogP contribution in [0.1, 0.15) is 17.3 Å². The van der Waals surface area contributed by atoms with Gasteiger partial charge in [-0.15, -0.1) is 0 Å². The first kappa shape index (κ1) is 13.3. The zero-order valence-electron chi connectivity index (χ0n) is 10.1. The number of carbonyl (C=O) groups excluding carboxylic acids is 1. The van der Waals surface area contributed by atoms with Crippen LogP contribution in [0.3, 0.4) is 0 Å². The summed E-state index contributed by atoms with van der Waals surface area (Å²) in [5.41, 5.74) is 7.63. The number of nitrogens with zero attached hydrogens (tertiary/aromatic N) is 1. The summed E-state index contributed by atoms with van der Waals surface area (Å²) in [6.07, 6.45) is 0. The maximum Gasteiger partial charge on any atom is 0.337 e. The molecule has 0 heterocycles. The highest BCUT2D eigenvalue weighted by atomic mass is 16.5. The Labute approximate surface area is 101 Å². The number of benzene rings is 1. The van der Waals surface area contributed by atoms with Gasteiger partial charge in [0.2, 0.25) is 0 Å². The van der Waals surface area contributed by atoms with Gasteiger partial charge in [-0.2, -0.15) is 0 Å². The molecule has 0 fully saturated rings. The third kappa shape index (κ3) is 3.10. The fourth-order valence-electron chi connectivity index (χ4n) is 1.63. The Morgan fingerprint density at radius 2 is 2.24 bits per heavy atom. The molecule has 1 rings (SSSR count).